The van der Waals surface area contributed by atoms with Crippen LogP contribution in [0.5, 0.6) is 23.0 Å². The molecule has 0 saturated heterocycles. The number of hydrogen-bond donors (Lipinski definition) is 4. The minimum absolute atomic E-state index is 0.315. The molecule has 0 unspecified atom stereocenters. The monoisotopic (exact) mass is 500 g/mol. The van der Waals surface area contributed by atoms with Crippen molar-refractivity contribution >= 4 is 22.7 Å². The predicted octanol–water partition coefficient (Wildman–Crippen LogP) is 5.11. The summed E-state index contributed by atoms with van der Waals surface area (Å²) in [7, 11) is 0. The van der Waals surface area contributed by atoms with Gasteiger partial charge in [0.1, 0.15) is 23.0 Å². The Bertz CT molecular complexity index is 1140. The molecular formula is C29H32N4O4. The van der Waals surface area contributed by atoms with Gasteiger partial charge in [-0.15, -0.1) is 0 Å². The van der Waals surface area contributed by atoms with Crippen molar-refractivity contribution in [3.63, 3.8) is 0 Å². The highest BCUT2D eigenvalue weighted by atomic mass is 16.7. The number of anilines is 4. The smallest absolute Gasteiger partial charge is 0.257 e. The lowest BCUT2D eigenvalue weighted by Gasteiger charge is -2.35. The van der Waals surface area contributed by atoms with E-state index in [0.717, 1.165) is 0 Å². The zero-order valence-corrected chi connectivity index (χ0v) is 20.5. The lowest BCUT2D eigenvalue weighted by molar-refractivity contribution is -0.135. The molecule has 0 saturated carbocycles. The molecule has 0 aliphatic heterocycles. The number of rotatable bonds is 12. The minimum Gasteiger partial charge on any atom is -0.493 e. The predicted molar refractivity (Wildman–Crippen MR) is 148 cm³/mol. The van der Waals surface area contributed by atoms with Gasteiger partial charge in [-0.3, -0.25) is 0 Å². The van der Waals surface area contributed by atoms with Gasteiger partial charge in [0.05, 0.1) is 26.1 Å². The van der Waals surface area contributed by atoms with Crippen molar-refractivity contribution in [3.8, 4) is 23.0 Å². The van der Waals surface area contributed by atoms with Gasteiger partial charge in [-0.2, -0.15) is 0 Å². The van der Waals surface area contributed by atoms with Gasteiger partial charge in [-0.25, -0.2) is 0 Å². The molecule has 0 aliphatic carbocycles. The van der Waals surface area contributed by atoms with Crippen LogP contribution in [0.15, 0.2) is 97.1 Å². The third-order valence-electron chi connectivity index (χ3n) is 5.63. The van der Waals surface area contributed by atoms with Crippen LogP contribution in [-0.4, -0.2) is 19.0 Å². The molecule has 0 atom stereocenters. The third kappa shape index (κ3) is 7.63. The summed E-state index contributed by atoms with van der Waals surface area (Å²) in [6.45, 7) is 0.630. The number of hydrogen-bond acceptors (Lipinski definition) is 8. The second kappa shape index (κ2) is 11.8. The molecule has 0 bridgehead atoms. The fourth-order valence-corrected chi connectivity index (χ4v) is 3.63. The fraction of sp³-hybridized carbons (Fsp3) is 0.172. The number of benzene rings is 4. The molecule has 4 rings (SSSR count). The summed E-state index contributed by atoms with van der Waals surface area (Å²) >= 11 is 0. The van der Waals surface area contributed by atoms with Gasteiger partial charge in [0.15, 0.2) is 0 Å². The lowest BCUT2D eigenvalue weighted by Crippen LogP contribution is -2.45. The molecule has 8 N–H and O–H groups in total. The quantitative estimate of drug-likeness (QED) is 0.155. The SMILES string of the molecule is Nc1ccc(OCCC(CCOc2ccc(N)cc2)(Oc2ccc(N)cc2)Oc2ccc(N)cc2)cc1. The average Bonchev–Trinajstić information content (AvgIpc) is 2.89. The minimum atomic E-state index is -1.13. The van der Waals surface area contributed by atoms with Crippen LogP contribution in [0.1, 0.15) is 12.8 Å². The first-order valence-corrected chi connectivity index (χ1v) is 11.9. The zero-order valence-electron chi connectivity index (χ0n) is 20.5. The van der Waals surface area contributed by atoms with Crippen LogP contribution >= 0.6 is 0 Å². The number of nitrogens with two attached hydrogens (primary N) is 4. The first kappa shape index (κ1) is 25.4. The van der Waals surface area contributed by atoms with E-state index in [0.29, 0.717) is 71.8 Å². The highest BCUT2D eigenvalue weighted by Crippen LogP contribution is 2.31. The topological polar surface area (TPSA) is 141 Å². The van der Waals surface area contributed by atoms with Crippen molar-refractivity contribution in [1.29, 1.82) is 0 Å². The lowest BCUT2D eigenvalue weighted by atomic mass is 10.1. The summed E-state index contributed by atoms with van der Waals surface area (Å²) < 4.78 is 25.0. The number of nitrogen functional groups attached to an aromatic ring is 4. The molecule has 8 nitrogen and oxygen atoms in total. The second-order valence-corrected chi connectivity index (χ2v) is 8.59. The Hall–Kier alpha value is -4.72. The molecule has 0 fully saturated rings. The van der Waals surface area contributed by atoms with Crippen molar-refractivity contribution < 1.29 is 18.9 Å². The van der Waals surface area contributed by atoms with Gasteiger partial charge in [0.25, 0.3) is 5.79 Å². The van der Waals surface area contributed by atoms with E-state index < -0.39 is 5.79 Å². The first-order chi connectivity index (χ1) is 17.9. The highest BCUT2D eigenvalue weighted by molar-refractivity contribution is 5.44. The van der Waals surface area contributed by atoms with Gasteiger partial charge >= 0.3 is 0 Å². The zero-order chi connectivity index (χ0) is 26.1. The van der Waals surface area contributed by atoms with E-state index in [1.165, 1.54) is 0 Å². The van der Waals surface area contributed by atoms with Gasteiger partial charge in [0.2, 0.25) is 0 Å². The summed E-state index contributed by atoms with van der Waals surface area (Å²) in [4.78, 5) is 0. The van der Waals surface area contributed by atoms with Crippen LogP contribution in [0.2, 0.25) is 0 Å². The molecule has 4 aromatic carbocycles. The van der Waals surface area contributed by atoms with Crippen molar-refractivity contribution in [2.24, 2.45) is 0 Å². The van der Waals surface area contributed by atoms with Crippen LogP contribution in [-0.2, 0) is 0 Å². The van der Waals surface area contributed by atoms with E-state index in [4.69, 9.17) is 41.9 Å². The average molecular weight is 501 g/mol. The number of ether oxygens (including phenoxy) is 4. The summed E-state index contributed by atoms with van der Waals surface area (Å²) in [5.41, 5.74) is 26.0. The molecule has 4 aromatic rings. The summed E-state index contributed by atoms with van der Waals surface area (Å²) in [6.07, 6.45) is 0.772. The normalized spacial score (nSPS) is 11.0. The molecule has 0 spiro atoms. The Morgan fingerprint density at radius 3 is 0.973 bits per heavy atom. The Labute approximate surface area is 216 Å². The van der Waals surface area contributed by atoms with Crippen LogP contribution in [0.4, 0.5) is 22.7 Å². The van der Waals surface area contributed by atoms with Gasteiger partial charge in [0, 0.05) is 22.7 Å². The summed E-state index contributed by atoms with van der Waals surface area (Å²) in [5, 5.41) is 0. The standard InChI is InChI=1S/C29H32N4O4/c30-21-1-9-25(10-2-21)34-19-17-29(36-27-13-5-23(32)6-14-27,37-28-15-7-24(33)8-16-28)18-20-35-26-11-3-22(31)4-12-26/h1-16H,17-20,30-33H2. The molecule has 0 heterocycles. The van der Waals surface area contributed by atoms with E-state index in [-0.39, 0.29) is 0 Å². The summed E-state index contributed by atoms with van der Waals surface area (Å²) in [6, 6.07) is 28.8. The van der Waals surface area contributed by atoms with Gasteiger partial charge in [-0.1, -0.05) is 0 Å². The second-order valence-electron chi connectivity index (χ2n) is 8.59. The van der Waals surface area contributed by atoms with E-state index in [9.17, 15) is 0 Å². The molecule has 0 aromatic heterocycles. The third-order valence-corrected chi connectivity index (χ3v) is 5.63. The summed E-state index contributed by atoms with van der Waals surface area (Å²) in [5.74, 6) is 1.46. The van der Waals surface area contributed by atoms with Gasteiger partial charge < -0.3 is 41.9 Å². The molecule has 0 radical (unpaired) electrons. The van der Waals surface area contributed by atoms with E-state index in [1.807, 2.05) is 24.3 Å². The maximum Gasteiger partial charge on any atom is 0.257 e. The van der Waals surface area contributed by atoms with Crippen LogP contribution in [0.25, 0.3) is 0 Å². The van der Waals surface area contributed by atoms with Crippen molar-refractivity contribution in [3.05, 3.63) is 97.1 Å². The maximum absolute atomic E-state index is 6.50. The van der Waals surface area contributed by atoms with E-state index >= 15 is 0 Å². The Morgan fingerprint density at radius 2 is 0.676 bits per heavy atom. The molecule has 192 valence electrons. The fourth-order valence-electron chi connectivity index (χ4n) is 3.63. The van der Waals surface area contributed by atoms with Crippen LogP contribution in [0, 0.1) is 0 Å². The molecule has 0 amide bonds. The van der Waals surface area contributed by atoms with E-state index in [2.05, 4.69) is 0 Å². The molecule has 8 heteroatoms. The van der Waals surface area contributed by atoms with Gasteiger partial charge in [-0.05, 0) is 97.1 Å². The Morgan fingerprint density at radius 1 is 0.405 bits per heavy atom. The van der Waals surface area contributed by atoms with Crippen molar-refractivity contribution in [2.45, 2.75) is 18.6 Å². The largest absolute Gasteiger partial charge is 0.493 e. The molecule has 0 aliphatic rings. The van der Waals surface area contributed by atoms with Crippen molar-refractivity contribution in [2.75, 3.05) is 36.1 Å². The molecule has 37 heavy (non-hydrogen) atoms. The first-order valence-electron chi connectivity index (χ1n) is 11.9. The Balaban J connectivity index is 1.57. The van der Waals surface area contributed by atoms with Crippen molar-refractivity contribution in [1.82, 2.24) is 0 Å². The van der Waals surface area contributed by atoms with E-state index in [1.54, 1.807) is 72.8 Å². The van der Waals surface area contributed by atoms with Crippen LogP contribution < -0.4 is 41.9 Å². The van der Waals surface area contributed by atoms with Crippen LogP contribution in [0.3, 0.4) is 0 Å². The molecular weight excluding hydrogens is 468 g/mol. The highest BCUT2D eigenvalue weighted by Gasteiger charge is 2.36. The Kier molecular flexibility index (Phi) is 8.10. The maximum atomic E-state index is 6.50.